The van der Waals surface area contributed by atoms with Crippen molar-refractivity contribution in [3.63, 3.8) is 0 Å². The zero-order valence-electron chi connectivity index (χ0n) is 18.3. The molecule has 1 saturated heterocycles. The van der Waals surface area contributed by atoms with E-state index in [1.807, 2.05) is 13.8 Å². The number of aliphatic hydroxyl groups excluding tert-OH is 1. The highest BCUT2D eigenvalue weighted by Gasteiger charge is 2.46. The molecule has 1 heterocycles. The first kappa shape index (κ1) is 23.8. The highest BCUT2D eigenvalue weighted by molar-refractivity contribution is 6.46. The van der Waals surface area contributed by atoms with Gasteiger partial charge in [0, 0.05) is 18.7 Å². The molecule has 1 unspecified atom stereocenters. The van der Waals surface area contributed by atoms with E-state index in [-0.39, 0.29) is 28.5 Å². The lowest BCUT2D eigenvalue weighted by Crippen LogP contribution is -2.38. The van der Waals surface area contributed by atoms with E-state index in [9.17, 15) is 19.1 Å². The van der Waals surface area contributed by atoms with Gasteiger partial charge in [-0.1, -0.05) is 37.6 Å². The van der Waals surface area contributed by atoms with Gasteiger partial charge < -0.3 is 19.6 Å². The molecule has 1 amide bonds. The predicted molar refractivity (Wildman–Crippen MR) is 121 cm³/mol. The number of halogens is 2. The molecule has 0 aromatic heterocycles. The van der Waals surface area contributed by atoms with Crippen molar-refractivity contribution in [2.45, 2.75) is 19.9 Å². The standard InChI is InChI=1S/C24H26ClFN2O4/c1-4-27(5-2)12-13-28-21(15-6-9-17(26)10-7-15)20(23(30)24(28)31)22(29)16-8-11-19(32-3)18(25)14-16/h6-11,14,21,29H,4-5,12-13H2,1-3H3/b22-20-. The van der Waals surface area contributed by atoms with Gasteiger partial charge in [-0.2, -0.15) is 0 Å². The molecule has 2 aromatic carbocycles. The zero-order chi connectivity index (χ0) is 23.4. The Bertz CT molecular complexity index is 1030. The number of benzene rings is 2. The first-order valence-corrected chi connectivity index (χ1v) is 10.8. The van der Waals surface area contributed by atoms with Crippen molar-refractivity contribution in [2.75, 3.05) is 33.3 Å². The van der Waals surface area contributed by atoms with Crippen molar-refractivity contribution in [1.29, 1.82) is 0 Å². The second-order valence-corrected chi connectivity index (χ2v) is 7.83. The average molecular weight is 461 g/mol. The van der Waals surface area contributed by atoms with Gasteiger partial charge in [0.1, 0.15) is 17.3 Å². The fraction of sp³-hybridized carbons (Fsp3) is 0.333. The van der Waals surface area contributed by atoms with Crippen LogP contribution in [0.5, 0.6) is 5.75 Å². The maximum Gasteiger partial charge on any atom is 0.295 e. The summed E-state index contributed by atoms with van der Waals surface area (Å²) in [6.45, 7) is 6.48. The number of rotatable bonds is 8. The van der Waals surface area contributed by atoms with E-state index in [2.05, 4.69) is 4.90 Å². The molecule has 1 fully saturated rings. The third-order valence-electron chi connectivity index (χ3n) is 5.70. The Kier molecular flexibility index (Phi) is 7.53. The number of aliphatic hydroxyl groups is 1. The number of nitrogens with zero attached hydrogens (tertiary/aromatic N) is 2. The molecular weight excluding hydrogens is 435 g/mol. The van der Waals surface area contributed by atoms with E-state index in [1.165, 1.54) is 42.3 Å². The lowest BCUT2D eigenvalue weighted by Gasteiger charge is -2.28. The molecule has 6 nitrogen and oxygen atoms in total. The number of likely N-dealkylation sites (tertiary alicyclic amines) is 1. The summed E-state index contributed by atoms with van der Waals surface area (Å²) in [6, 6.07) is 9.34. The molecular formula is C24H26ClFN2O4. The zero-order valence-corrected chi connectivity index (χ0v) is 19.0. The fourth-order valence-corrected chi connectivity index (χ4v) is 4.12. The average Bonchev–Trinajstić information content (AvgIpc) is 3.04. The smallest absolute Gasteiger partial charge is 0.295 e. The number of likely N-dealkylation sites (N-methyl/N-ethyl adjacent to an activating group) is 1. The highest BCUT2D eigenvalue weighted by atomic mass is 35.5. The highest BCUT2D eigenvalue weighted by Crippen LogP contribution is 2.40. The molecule has 1 atom stereocenters. The summed E-state index contributed by atoms with van der Waals surface area (Å²) in [5, 5.41) is 11.3. The van der Waals surface area contributed by atoms with Crippen LogP contribution in [0.15, 0.2) is 48.0 Å². The van der Waals surface area contributed by atoms with E-state index in [0.29, 0.717) is 17.9 Å². The van der Waals surface area contributed by atoms with E-state index in [4.69, 9.17) is 16.3 Å². The lowest BCUT2D eigenvalue weighted by molar-refractivity contribution is -0.140. The van der Waals surface area contributed by atoms with Crippen LogP contribution in [0.25, 0.3) is 5.76 Å². The van der Waals surface area contributed by atoms with Crippen LogP contribution in [0.2, 0.25) is 5.02 Å². The summed E-state index contributed by atoms with van der Waals surface area (Å²) in [5.74, 6) is -1.85. The number of ether oxygens (including phenoxy) is 1. The number of ketones is 1. The molecule has 0 spiro atoms. The van der Waals surface area contributed by atoms with Crippen molar-refractivity contribution in [1.82, 2.24) is 9.80 Å². The Morgan fingerprint density at radius 3 is 2.38 bits per heavy atom. The number of amides is 1. The van der Waals surface area contributed by atoms with Gasteiger partial charge >= 0.3 is 0 Å². The first-order chi connectivity index (χ1) is 15.3. The van der Waals surface area contributed by atoms with E-state index >= 15 is 0 Å². The minimum Gasteiger partial charge on any atom is -0.507 e. The van der Waals surface area contributed by atoms with Crippen LogP contribution >= 0.6 is 11.6 Å². The molecule has 1 aliphatic rings. The van der Waals surface area contributed by atoms with Crippen LogP contribution in [-0.2, 0) is 9.59 Å². The molecule has 0 saturated carbocycles. The molecule has 8 heteroatoms. The maximum atomic E-state index is 13.6. The Morgan fingerprint density at radius 2 is 1.81 bits per heavy atom. The first-order valence-electron chi connectivity index (χ1n) is 10.4. The lowest BCUT2D eigenvalue weighted by atomic mass is 9.95. The van der Waals surface area contributed by atoms with Crippen molar-refractivity contribution >= 4 is 29.1 Å². The molecule has 3 rings (SSSR count). The number of carbonyl (C=O) groups is 2. The number of hydrogen-bond acceptors (Lipinski definition) is 5. The molecule has 0 radical (unpaired) electrons. The molecule has 170 valence electrons. The number of methoxy groups -OCH3 is 1. The normalized spacial score (nSPS) is 17.9. The van der Waals surface area contributed by atoms with Crippen molar-refractivity contribution in [3.05, 3.63) is 70.0 Å². The van der Waals surface area contributed by atoms with Crippen molar-refractivity contribution < 1.29 is 23.8 Å². The van der Waals surface area contributed by atoms with Crippen molar-refractivity contribution in [2.24, 2.45) is 0 Å². The summed E-state index contributed by atoms with van der Waals surface area (Å²) < 4.78 is 18.7. The van der Waals surface area contributed by atoms with Crippen LogP contribution in [0, 0.1) is 5.82 Å². The summed E-state index contributed by atoms with van der Waals surface area (Å²) in [5.41, 5.74) is 0.762. The van der Waals surface area contributed by atoms with Crippen LogP contribution in [-0.4, -0.2) is 59.9 Å². The second-order valence-electron chi connectivity index (χ2n) is 7.42. The Morgan fingerprint density at radius 1 is 1.16 bits per heavy atom. The number of carbonyl (C=O) groups excluding carboxylic acids is 2. The Labute approximate surface area is 191 Å². The van der Waals surface area contributed by atoms with E-state index in [0.717, 1.165) is 13.1 Å². The predicted octanol–water partition coefficient (Wildman–Crippen LogP) is 4.25. The van der Waals surface area contributed by atoms with Gasteiger partial charge in [0.25, 0.3) is 11.7 Å². The minimum atomic E-state index is -0.841. The summed E-state index contributed by atoms with van der Waals surface area (Å²) in [4.78, 5) is 29.5. The van der Waals surface area contributed by atoms with Gasteiger partial charge in [0.15, 0.2) is 0 Å². The van der Waals surface area contributed by atoms with Gasteiger partial charge in [-0.05, 0) is 49.0 Å². The number of Topliss-reactive ketones (excluding diaryl/α,β-unsaturated/α-hetero) is 1. The third-order valence-corrected chi connectivity index (χ3v) is 6.00. The minimum absolute atomic E-state index is 0.0533. The molecule has 1 N–H and O–H groups in total. The van der Waals surface area contributed by atoms with Gasteiger partial charge in [0.2, 0.25) is 0 Å². The van der Waals surface area contributed by atoms with Crippen LogP contribution < -0.4 is 4.74 Å². The topological polar surface area (TPSA) is 70.1 Å². The molecule has 0 bridgehead atoms. The molecule has 1 aliphatic heterocycles. The van der Waals surface area contributed by atoms with Crippen LogP contribution in [0.3, 0.4) is 0 Å². The molecule has 0 aliphatic carbocycles. The fourth-order valence-electron chi connectivity index (χ4n) is 3.86. The van der Waals surface area contributed by atoms with Crippen LogP contribution in [0.1, 0.15) is 31.0 Å². The second kappa shape index (κ2) is 10.1. The van der Waals surface area contributed by atoms with Crippen LogP contribution in [0.4, 0.5) is 4.39 Å². The van der Waals surface area contributed by atoms with Gasteiger partial charge in [-0.15, -0.1) is 0 Å². The maximum absolute atomic E-state index is 13.6. The largest absolute Gasteiger partial charge is 0.507 e. The number of hydrogen-bond donors (Lipinski definition) is 1. The molecule has 32 heavy (non-hydrogen) atoms. The Balaban J connectivity index is 2.10. The summed E-state index contributed by atoms with van der Waals surface area (Å²) in [6.07, 6.45) is 0. The van der Waals surface area contributed by atoms with Gasteiger partial charge in [-0.3, -0.25) is 9.59 Å². The van der Waals surface area contributed by atoms with E-state index < -0.39 is 23.5 Å². The molecule has 2 aromatic rings. The SMILES string of the molecule is CCN(CC)CCN1C(=O)C(=O)/C(=C(\O)c2ccc(OC)c(Cl)c2)C1c1ccc(F)cc1. The quantitative estimate of drug-likeness (QED) is 0.362. The monoisotopic (exact) mass is 460 g/mol. The summed E-state index contributed by atoms with van der Waals surface area (Å²) in [7, 11) is 1.47. The van der Waals surface area contributed by atoms with Gasteiger partial charge in [-0.25, -0.2) is 4.39 Å². The third kappa shape index (κ3) is 4.64. The summed E-state index contributed by atoms with van der Waals surface area (Å²) >= 11 is 6.19. The van der Waals surface area contributed by atoms with E-state index in [1.54, 1.807) is 12.1 Å². The van der Waals surface area contributed by atoms with Gasteiger partial charge in [0.05, 0.1) is 23.7 Å². The van der Waals surface area contributed by atoms with Crippen molar-refractivity contribution in [3.8, 4) is 5.75 Å². The Hall–Kier alpha value is -2.90.